The Hall–Kier alpha value is -0.810. The number of rotatable bonds is 2. The van der Waals surface area contributed by atoms with Crippen LogP contribution in [-0.2, 0) is 6.18 Å². The SMILES string of the molecule is Cl.N[C@H](c1ccc(F)cc1C(F)(F)F)C1CCC1. The molecule has 0 saturated heterocycles. The molecule has 18 heavy (non-hydrogen) atoms. The average molecular weight is 284 g/mol. The summed E-state index contributed by atoms with van der Waals surface area (Å²) in [5.74, 6) is -0.802. The van der Waals surface area contributed by atoms with Crippen LogP contribution in [0.25, 0.3) is 0 Å². The van der Waals surface area contributed by atoms with Crippen LogP contribution < -0.4 is 5.73 Å². The van der Waals surface area contributed by atoms with Crippen molar-refractivity contribution in [1.29, 1.82) is 0 Å². The van der Waals surface area contributed by atoms with E-state index in [-0.39, 0.29) is 23.9 Å². The Labute approximate surface area is 109 Å². The van der Waals surface area contributed by atoms with Crippen LogP contribution in [0, 0.1) is 11.7 Å². The van der Waals surface area contributed by atoms with E-state index in [2.05, 4.69) is 0 Å². The Morgan fingerprint density at radius 3 is 2.28 bits per heavy atom. The fourth-order valence-corrected chi connectivity index (χ4v) is 2.12. The van der Waals surface area contributed by atoms with Gasteiger partial charge in [-0.15, -0.1) is 12.4 Å². The fraction of sp³-hybridized carbons (Fsp3) is 0.500. The fourth-order valence-electron chi connectivity index (χ4n) is 2.12. The quantitative estimate of drug-likeness (QED) is 0.814. The van der Waals surface area contributed by atoms with Crippen molar-refractivity contribution in [3.05, 3.63) is 35.1 Å². The molecule has 0 unspecified atom stereocenters. The summed E-state index contributed by atoms with van der Waals surface area (Å²) in [4.78, 5) is 0. The van der Waals surface area contributed by atoms with Crippen molar-refractivity contribution in [1.82, 2.24) is 0 Å². The minimum absolute atomic E-state index is 0. The zero-order chi connectivity index (χ0) is 12.6. The molecule has 1 aromatic rings. The summed E-state index contributed by atoms with van der Waals surface area (Å²) in [6, 6.07) is 2.05. The molecule has 0 radical (unpaired) electrons. The molecule has 102 valence electrons. The molecule has 0 aliphatic heterocycles. The maximum atomic E-state index is 12.9. The first kappa shape index (κ1) is 15.2. The highest BCUT2D eigenvalue weighted by atomic mass is 35.5. The van der Waals surface area contributed by atoms with Gasteiger partial charge in [-0.1, -0.05) is 12.5 Å². The number of halogens is 5. The molecule has 1 aliphatic carbocycles. The Morgan fingerprint density at radius 2 is 1.83 bits per heavy atom. The minimum Gasteiger partial charge on any atom is -0.324 e. The molecule has 0 spiro atoms. The van der Waals surface area contributed by atoms with Gasteiger partial charge in [0, 0.05) is 6.04 Å². The Kier molecular flexibility index (Phi) is 4.61. The number of hydrogen-bond acceptors (Lipinski definition) is 1. The molecule has 1 nitrogen and oxygen atoms in total. The van der Waals surface area contributed by atoms with Gasteiger partial charge in [-0.2, -0.15) is 13.2 Å². The zero-order valence-corrected chi connectivity index (χ0v) is 10.3. The van der Waals surface area contributed by atoms with E-state index in [0.29, 0.717) is 6.07 Å². The lowest BCUT2D eigenvalue weighted by atomic mass is 9.76. The molecule has 2 rings (SSSR count). The molecule has 2 N–H and O–H groups in total. The van der Waals surface area contributed by atoms with E-state index in [1.807, 2.05) is 0 Å². The van der Waals surface area contributed by atoms with E-state index in [0.717, 1.165) is 31.4 Å². The number of nitrogens with two attached hydrogens (primary N) is 1. The predicted octanol–water partition coefficient (Wildman–Crippen LogP) is 4.07. The van der Waals surface area contributed by atoms with Crippen LogP contribution in [0.4, 0.5) is 17.6 Å². The van der Waals surface area contributed by atoms with Crippen LogP contribution in [0.1, 0.15) is 36.4 Å². The highest BCUT2D eigenvalue weighted by Gasteiger charge is 2.37. The van der Waals surface area contributed by atoms with Crippen LogP contribution in [0.5, 0.6) is 0 Å². The summed E-state index contributed by atoms with van der Waals surface area (Å²) < 4.78 is 51.2. The largest absolute Gasteiger partial charge is 0.416 e. The standard InChI is InChI=1S/C12H13F4N.ClH/c13-8-4-5-9(10(6-8)12(14,15)16)11(17)7-2-1-3-7;/h4-7,11H,1-3,17H2;1H/t11-;/m0./s1. The van der Waals surface area contributed by atoms with Crippen molar-refractivity contribution in [2.24, 2.45) is 11.7 Å². The predicted molar refractivity (Wildman–Crippen MR) is 62.9 cm³/mol. The second kappa shape index (κ2) is 5.45. The first-order chi connectivity index (χ1) is 7.89. The van der Waals surface area contributed by atoms with Gasteiger partial charge in [0.1, 0.15) is 5.82 Å². The van der Waals surface area contributed by atoms with Crippen molar-refractivity contribution in [3.8, 4) is 0 Å². The lowest BCUT2D eigenvalue weighted by Gasteiger charge is -2.32. The van der Waals surface area contributed by atoms with Crippen LogP contribution >= 0.6 is 12.4 Å². The lowest BCUT2D eigenvalue weighted by molar-refractivity contribution is -0.138. The van der Waals surface area contributed by atoms with Crippen LogP contribution in [0.15, 0.2) is 18.2 Å². The van der Waals surface area contributed by atoms with Crippen molar-refractivity contribution in [2.75, 3.05) is 0 Å². The van der Waals surface area contributed by atoms with Gasteiger partial charge in [-0.25, -0.2) is 4.39 Å². The molecule has 1 fully saturated rings. The van der Waals surface area contributed by atoms with Crippen molar-refractivity contribution < 1.29 is 17.6 Å². The summed E-state index contributed by atoms with van der Waals surface area (Å²) in [7, 11) is 0. The van der Waals surface area contributed by atoms with E-state index in [1.165, 1.54) is 0 Å². The molecule has 0 amide bonds. The van der Waals surface area contributed by atoms with E-state index >= 15 is 0 Å². The number of alkyl halides is 3. The summed E-state index contributed by atoms with van der Waals surface area (Å²) in [5.41, 5.74) is 4.88. The topological polar surface area (TPSA) is 26.0 Å². The monoisotopic (exact) mass is 283 g/mol. The van der Waals surface area contributed by atoms with E-state index in [9.17, 15) is 17.6 Å². The van der Waals surface area contributed by atoms with Crippen molar-refractivity contribution in [3.63, 3.8) is 0 Å². The zero-order valence-electron chi connectivity index (χ0n) is 9.51. The van der Waals surface area contributed by atoms with Gasteiger partial charge in [-0.05, 0) is 36.5 Å². The Bertz CT molecular complexity index is 415. The molecule has 0 bridgehead atoms. The number of benzene rings is 1. The third-order valence-electron chi connectivity index (χ3n) is 3.34. The van der Waals surface area contributed by atoms with Gasteiger partial charge in [0.2, 0.25) is 0 Å². The molecular formula is C12H14ClF4N. The summed E-state index contributed by atoms with van der Waals surface area (Å²) in [5, 5.41) is 0. The second-order valence-corrected chi connectivity index (χ2v) is 4.45. The molecule has 0 heterocycles. The average Bonchev–Trinajstić information content (AvgIpc) is 2.13. The maximum Gasteiger partial charge on any atom is 0.416 e. The molecule has 0 aromatic heterocycles. The van der Waals surface area contributed by atoms with Gasteiger partial charge in [-0.3, -0.25) is 0 Å². The molecular weight excluding hydrogens is 270 g/mol. The normalized spacial score (nSPS) is 17.8. The molecule has 1 aliphatic rings. The van der Waals surface area contributed by atoms with E-state index < -0.39 is 23.6 Å². The van der Waals surface area contributed by atoms with Gasteiger partial charge in [0.05, 0.1) is 5.56 Å². The first-order valence-electron chi connectivity index (χ1n) is 5.52. The Balaban J connectivity index is 0.00000162. The Morgan fingerprint density at radius 1 is 1.22 bits per heavy atom. The van der Waals surface area contributed by atoms with E-state index in [1.54, 1.807) is 0 Å². The van der Waals surface area contributed by atoms with E-state index in [4.69, 9.17) is 5.73 Å². The van der Waals surface area contributed by atoms with Crippen LogP contribution in [0.2, 0.25) is 0 Å². The summed E-state index contributed by atoms with van der Waals surface area (Å²) in [6.07, 6.45) is -1.87. The highest BCUT2D eigenvalue weighted by molar-refractivity contribution is 5.85. The number of hydrogen-bond donors (Lipinski definition) is 1. The van der Waals surface area contributed by atoms with Gasteiger partial charge in [0.25, 0.3) is 0 Å². The third-order valence-corrected chi connectivity index (χ3v) is 3.34. The summed E-state index contributed by atoms with van der Waals surface area (Å²) >= 11 is 0. The molecule has 1 aromatic carbocycles. The maximum absolute atomic E-state index is 12.9. The van der Waals surface area contributed by atoms with Crippen molar-refractivity contribution in [2.45, 2.75) is 31.5 Å². The second-order valence-electron chi connectivity index (χ2n) is 4.45. The van der Waals surface area contributed by atoms with Crippen LogP contribution in [-0.4, -0.2) is 0 Å². The highest BCUT2D eigenvalue weighted by Crippen LogP contribution is 2.41. The van der Waals surface area contributed by atoms with Crippen molar-refractivity contribution >= 4 is 12.4 Å². The molecule has 1 saturated carbocycles. The third kappa shape index (κ3) is 2.95. The summed E-state index contributed by atoms with van der Waals surface area (Å²) in [6.45, 7) is 0. The smallest absolute Gasteiger partial charge is 0.324 e. The van der Waals surface area contributed by atoms with Gasteiger partial charge in [0.15, 0.2) is 0 Å². The van der Waals surface area contributed by atoms with Gasteiger partial charge >= 0.3 is 6.18 Å². The molecule has 6 heteroatoms. The first-order valence-corrected chi connectivity index (χ1v) is 5.52. The molecule has 1 atom stereocenters. The lowest BCUT2D eigenvalue weighted by Crippen LogP contribution is -2.29. The van der Waals surface area contributed by atoms with Gasteiger partial charge < -0.3 is 5.73 Å². The minimum atomic E-state index is -4.56. The van der Waals surface area contributed by atoms with Crippen LogP contribution in [0.3, 0.4) is 0 Å².